The second-order valence-electron chi connectivity index (χ2n) is 9.05. The maximum absolute atomic E-state index is 12.7. The van der Waals surface area contributed by atoms with E-state index in [1.165, 1.54) is 12.4 Å². The van der Waals surface area contributed by atoms with Crippen molar-refractivity contribution in [3.63, 3.8) is 0 Å². The van der Waals surface area contributed by atoms with Gasteiger partial charge >= 0.3 is 0 Å². The van der Waals surface area contributed by atoms with Gasteiger partial charge in [0, 0.05) is 37.0 Å². The largest absolute Gasteiger partial charge is 0.396 e. The molecule has 184 valence electrons. The fourth-order valence-corrected chi connectivity index (χ4v) is 5.19. The molecule has 3 N–H and O–H groups in total. The molecule has 1 atom stereocenters. The lowest BCUT2D eigenvalue weighted by molar-refractivity contribution is 0.0968. The molecular formula is C23H27N7O4S. The van der Waals surface area contributed by atoms with Crippen LogP contribution in [0.15, 0.2) is 36.9 Å². The van der Waals surface area contributed by atoms with Gasteiger partial charge in [-0.2, -0.15) is 9.19 Å². The minimum absolute atomic E-state index is 0.0323. The molecule has 0 amide bonds. The summed E-state index contributed by atoms with van der Waals surface area (Å²) in [5.41, 5.74) is 1.67. The lowest BCUT2D eigenvalue weighted by Gasteiger charge is -2.18. The monoisotopic (exact) mass is 497 g/mol. The Kier molecular flexibility index (Phi) is 6.24. The topological polar surface area (TPSA) is 152 Å². The highest BCUT2D eigenvalue weighted by molar-refractivity contribution is 7.90. The molecule has 12 heteroatoms. The lowest BCUT2D eigenvalue weighted by Crippen LogP contribution is -2.19. The van der Waals surface area contributed by atoms with Crippen molar-refractivity contribution in [2.24, 2.45) is 5.92 Å². The number of aromatic nitrogens is 5. The van der Waals surface area contributed by atoms with E-state index in [0.717, 1.165) is 16.9 Å². The summed E-state index contributed by atoms with van der Waals surface area (Å²) >= 11 is 0. The van der Waals surface area contributed by atoms with E-state index in [-0.39, 0.29) is 29.6 Å². The molecule has 3 aromatic rings. The first-order chi connectivity index (χ1) is 16.8. The third kappa shape index (κ3) is 5.17. The van der Waals surface area contributed by atoms with Gasteiger partial charge in [-0.3, -0.25) is 4.79 Å². The number of nitrogens with zero attached hydrogens (tertiary/aromatic N) is 5. The average molecular weight is 498 g/mol. The van der Waals surface area contributed by atoms with Crippen LogP contribution in [0.3, 0.4) is 0 Å². The number of ketones is 1. The van der Waals surface area contributed by atoms with Gasteiger partial charge in [-0.25, -0.2) is 23.4 Å². The Hall–Kier alpha value is -3.38. The molecule has 0 bridgehead atoms. The van der Waals surface area contributed by atoms with Crippen LogP contribution in [-0.4, -0.2) is 61.3 Å². The predicted octanol–water partition coefficient (Wildman–Crippen LogP) is 2.59. The Labute approximate surface area is 203 Å². The van der Waals surface area contributed by atoms with E-state index in [2.05, 4.69) is 30.7 Å². The average Bonchev–Trinajstić information content (AvgIpc) is 3.76. The molecule has 0 aromatic carbocycles. The molecule has 0 aliphatic heterocycles. The molecule has 0 unspecified atom stereocenters. The number of anilines is 3. The summed E-state index contributed by atoms with van der Waals surface area (Å²) in [4.78, 5) is 25.9. The van der Waals surface area contributed by atoms with Gasteiger partial charge in [0.1, 0.15) is 11.6 Å². The first-order valence-electron chi connectivity index (χ1n) is 11.7. The minimum atomic E-state index is -3.47. The quantitative estimate of drug-likeness (QED) is 0.337. The summed E-state index contributed by atoms with van der Waals surface area (Å²) in [6.07, 6.45) is 9.62. The van der Waals surface area contributed by atoms with E-state index in [4.69, 9.17) is 0 Å². The van der Waals surface area contributed by atoms with Crippen LogP contribution in [0.25, 0.3) is 11.4 Å². The number of hydrogen-bond donors (Lipinski definition) is 3. The minimum Gasteiger partial charge on any atom is -0.396 e. The van der Waals surface area contributed by atoms with Crippen LogP contribution in [0.4, 0.5) is 17.3 Å². The molecule has 0 spiro atoms. The van der Waals surface area contributed by atoms with E-state index in [1.54, 1.807) is 24.5 Å². The SMILES string of the molecule is C[C@H](CCO)Nc1cc(Nc2ccnc(-c3cnn(S(=O)(=O)C4CC4)c3)n2)ncc1C(=O)C1CC1. The van der Waals surface area contributed by atoms with Crippen molar-refractivity contribution in [1.82, 2.24) is 24.1 Å². The molecule has 35 heavy (non-hydrogen) atoms. The second-order valence-corrected chi connectivity index (χ2v) is 11.1. The summed E-state index contributed by atoms with van der Waals surface area (Å²) in [6, 6.07) is 3.39. The van der Waals surface area contributed by atoms with E-state index in [0.29, 0.717) is 53.5 Å². The van der Waals surface area contributed by atoms with E-state index < -0.39 is 10.0 Å². The van der Waals surface area contributed by atoms with Gasteiger partial charge in [-0.15, -0.1) is 0 Å². The maximum Gasteiger partial charge on any atom is 0.256 e. The van der Waals surface area contributed by atoms with Crippen LogP contribution in [0, 0.1) is 5.92 Å². The summed E-state index contributed by atoms with van der Waals surface area (Å²) in [5, 5.41) is 19.3. The Morgan fingerprint density at radius 3 is 2.71 bits per heavy atom. The fourth-order valence-electron chi connectivity index (χ4n) is 3.71. The zero-order valence-electron chi connectivity index (χ0n) is 19.3. The van der Waals surface area contributed by atoms with Crippen molar-refractivity contribution in [3.8, 4) is 11.4 Å². The molecular weight excluding hydrogens is 470 g/mol. The number of carbonyl (C=O) groups excluding carboxylic acids is 1. The van der Waals surface area contributed by atoms with Gasteiger partial charge in [-0.05, 0) is 45.1 Å². The molecule has 3 aromatic heterocycles. The molecule has 0 saturated heterocycles. The number of Topliss-reactive ketones (excluding diaryl/α,β-unsaturated/α-hetero) is 1. The number of hydrogen-bond acceptors (Lipinski definition) is 10. The first kappa shape index (κ1) is 23.4. The lowest BCUT2D eigenvalue weighted by atomic mass is 10.1. The van der Waals surface area contributed by atoms with Crippen LogP contribution in [0.5, 0.6) is 0 Å². The number of nitrogens with one attached hydrogen (secondary N) is 2. The number of pyridine rings is 1. The van der Waals surface area contributed by atoms with Gasteiger partial charge < -0.3 is 15.7 Å². The number of carbonyl (C=O) groups is 1. The van der Waals surface area contributed by atoms with Gasteiger partial charge in [0.25, 0.3) is 10.0 Å². The molecule has 5 rings (SSSR count). The molecule has 2 aliphatic carbocycles. The zero-order valence-corrected chi connectivity index (χ0v) is 20.1. The van der Waals surface area contributed by atoms with E-state index in [9.17, 15) is 18.3 Å². The number of aliphatic hydroxyl groups is 1. The maximum atomic E-state index is 12.7. The highest BCUT2D eigenvalue weighted by Crippen LogP contribution is 2.35. The highest BCUT2D eigenvalue weighted by Gasteiger charge is 2.37. The van der Waals surface area contributed by atoms with Crippen molar-refractivity contribution in [2.75, 3.05) is 17.2 Å². The van der Waals surface area contributed by atoms with E-state index in [1.807, 2.05) is 6.92 Å². The second kappa shape index (κ2) is 9.34. The Balaban J connectivity index is 1.38. The van der Waals surface area contributed by atoms with Crippen molar-refractivity contribution >= 4 is 33.1 Å². The van der Waals surface area contributed by atoms with Crippen LogP contribution >= 0.6 is 0 Å². The molecule has 2 saturated carbocycles. The predicted molar refractivity (Wildman–Crippen MR) is 130 cm³/mol. The van der Waals surface area contributed by atoms with Crippen molar-refractivity contribution < 1.29 is 18.3 Å². The number of rotatable bonds is 11. The zero-order chi connectivity index (χ0) is 24.6. The van der Waals surface area contributed by atoms with E-state index >= 15 is 0 Å². The normalized spacial score (nSPS) is 16.6. The van der Waals surface area contributed by atoms with Crippen molar-refractivity contribution in [2.45, 2.75) is 50.3 Å². The van der Waals surface area contributed by atoms with Crippen LogP contribution in [0.1, 0.15) is 49.4 Å². The van der Waals surface area contributed by atoms with Gasteiger partial charge in [-0.1, -0.05) is 0 Å². The summed E-state index contributed by atoms with van der Waals surface area (Å²) in [6.45, 7) is 1.98. The third-order valence-electron chi connectivity index (χ3n) is 6.02. The summed E-state index contributed by atoms with van der Waals surface area (Å²) in [7, 11) is -3.47. The first-order valence-corrected chi connectivity index (χ1v) is 13.2. The summed E-state index contributed by atoms with van der Waals surface area (Å²) in [5.74, 6) is 1.38. The van der Waals surface area contributed by atoms with Crippen LogP contribution < -0.4 is 10.6 Å². The highest BCUT2D eigenvalue weighted by atomic mass is 32.2. The third-order valence-corrected chi connectivity index (χ3v) is 8.05. The van der Waals surface area contributed by atoms with Crippen LogP contribution in [0.2, 0.25) is 0 Å². The summed E-state index contributed by atoms with van der Waals surface area (Å²) < 4.78 is 25.8. The standard InChI is InChI=1S/C23H27N7O4S/c1-14(7-9-31)27-19-10-21(25-12-18(19)22(32)15-2-3-15)28-20-6-8-24-23(29-20)16-11-26-30(13-16)35(33,34)17-4-5-17/h6,8,10-15,17,31H,2-5,7,9H2,1H3,(H2,24,25,27,28,29)/t14-/m1/s1. The van der Waals surface area contributed by atoms with Crippen molar-refractivity contribution in [1.29, 1.82) is 0 Å². The van der Waals surface area contributed by atoms with Crippen molar-refractivity contribution in [3.05, 3.63) is 42.5 Å². The Morgan fingerprint density at radius 2 is 2.00 bits per heavy atom. The molecule has 11 nitrogen and oxygen atoms in total. The molecule has 2 aliphatic rings. The van der Waals surface area contributed by atoms with Crippen LogP contribution in [-0.2, 0) is 10.0 Å². The Bertz CT molecular complexity index is 1350. The molecule has 0 radical (unpaired) electrons. The smallest absolute Gasteiger partial charge is 0.256 e. The van der Waals surface area contributed by atoms with Gasteiger partial charge in [0.2, 0.25) is 0 Å². The molecule has 2 fully saturated rings. The Morgan fingerprint density at radius 1 is 1.20 bits per heavy atom. The molecule has 3 heterocycles. The fraction of sp³-hybridized carbons (Fsp3) is 0.435. The van der Waals surface area contributed by atoms with Gasteiger partial charge in [0.15, 0.2) is 11.6 Å². The van der Waals surface area contributed by atoms with Gasteiger partial charge in [0.05, 0.1) is 34.5 Å². The number of aliphatic hydroxyl groups excluding tert-OH is 1.